The molecule has 1 aliphatic carbocycles. The van der Waals surface area contributed by atoms with Gasteiger partial charge in [0.05, 0.1) is 0 Å². The number of carboxylic acid groups (broad SMARTS) is 1. The highest BCUT2D eigenvalue weighted by atomic mass is 19.1. The average molecular weight is 233 g/mol. The maximum atomic E-state index is 12.8. The molecule has 2 rings (SSSR count). The number of carbonyl (C=O) groups is 1. The lowest BCUT2D eigenvalue weighted by molar-refractivity contribution is -0.312. The molecular weight excluding hydrogens is 219 g/mol. The van der Waals surface area contributed by atoms with Crippen LogP contribution in [0.15, 0.2) is 35.9 Å². The van der Waals surface area contributed by atoms with Crippen molar-refractivity contribution >= 4 is 5.97 Å². The second-order valence-corrected chi connectivity index (χ2v) is 4.57. The summed E-state index contributed by atoms with van der Waals surface area (Å²) in [7, 11) is 0. The van der Waals surface area contributed by atoms with Crippen LogP contribution in [0.5, 0.6) is 0 Å². The Kier molecular flexibility index (Phi) is 3.27. The van der Waals surface area contributed by atoms with E-state index in [4.69, 9.17) is 0 Å². The number of carboxylic acids is 1. The van der Waals surface area contributed by atoms with Gasteiger partial charge in [-0.05, 0) is 43.4 Å². The summed E-state index contributed by atoms with van der Waals surface area (Å²) in [6.07, 6.45) is 3.14. The smallest absolute Gasteiger partial charge is 0.123 e. The first kappa shape index (κ1) is 11.8. The summed E-state index contributed by atoms with van der Waals surface area (Å²) >= 11 is 0. The Balaban J connectivity index is 2.31. The maximum absolute atomic E-state index is 12.8. The van der Waals surface area contributed by atoms with Gasteiger partial charge in [0.15, 0.2) is 0 Å². The highest BCUT2D eigenvalue weighted by Crippen LogP contribution is 2.37. The summed E-state index contributed by atoms with van der Waals surface area (Å²) < 4.78 is 12.8. The molecule has 1 aromatic rings. The molecule has 1 aromatic carbocycles. The Labute approximate surface area is 99.8 Å². The zero-order valence-corrected chi connectivity index (χ0v) is 9.65. The van der Waals surface area contributed by atoms with E-state index in [0.29, 0.717) is 12.8 Å². The van der Waals surface area contributed by atoms with E-state index in [1.807, 2.05) is 13.0 Å². The Morgan fingerprint density at radius 2 is 2.00 bits per heavy atom. The van der Waals surface area contributed by atoms with Crippen LogP contribution in [0.2, 0.25) is 0 Å². The van der Waals surface area contributed by atoms with Crippen molar-refractivity contribution in [2.24, 2.45) is 5.92 Å². The molecule has 0 heterocycles. The van der Waals surface area contributed by atoms with Gasteiger partial charge in [0.2, 0.25) is 0 Å². The highest BCUT2D eigenvalue weighted by molar-refractivity contribution is 5.70. The average Bonchev–Trinajstić information content (AvgIpc) is 2.29. The van der Waals surface area contributed by atoms with E-state index in [9.17, 15) is 14.3 Å². The zero-order chi connectivity index (χ0) is 12.4. The Hall–Kier alpha value is -1.64. The highest BCUT2D eigenvalue weighted by Gasteiger charge is 2.26. The van der Waals surface area contributed by atoms with E-state index in [0.717, 1.165) is 5.56 Å². The van der Waals surface area contributed by atoms with Crippen LogP contribution in [0.3, 0.4) is 0 Å². The molecule has 1 aliphatic rings. The monoisotopic (exact) mass is 233 g/mol. The number of allylic oxidation sites excluding steroid dienone is 2. The van der Waals surface area contributed by atoms with E-state index in [-0.39, 0.29) is 11.7 Å². The minimum atomic E-state index is -1.02. The molecule has 0 saturated heterocycles. The molecule has 0 fully saturated rings. The van der Waals surface area contributed by atoms with Gasteiger partial charge in [-0.15, -0.1) is 0 Å². The second kappa shape index (κ2) is 4.70. The Morgan fingerprint density at radius 3 is 2.59 bits per heavy atom. The molecule has 17 heavy (non-hydrogen) atoms. The lowest BCUT2D eigenvalue weighted by Crippen LogP contribution is -2.36. The van der Waals surface area contributed by atoms with Crippen LogP contribution in [0.25, 0.3) is 0 Å². The predicted molar refractivity (Wildman–Crippen MR) is 60.6 cm³/mol. The first-order valence-electron chi connectivity index (χ1n) is 5.70. The van der Waals surface area contributed by atoms with Crippen LogP contribution in [0.1, 0.15) is 31.2 Å². The van der Waals surface area contributed by atoms with E-state index in [1.54, 1.807) is 12.1 Å². The topological polar surface area (TPSA) is 40.1 Å². The van der Waals surface area contributed by atoms with Gasteiger partial charge in [0.1, 0.15) is 5.82 Å². The fourth-order valence-electron chi connectivity index (χ4n) is 2.39. The molecule has 2 atom stereocenters. The van der Waals surface area contributed by atoms with E-state index < -0.39 is 11.9 Å². The van der Waals surface area contributed by atoms with Crippen LogP contribution >= 0.6 is 0 Å². The third kappa shape index (κ3) is 2.54. The van der Waals surface area contributed by atoms with Crippen LogP contribution in [-0.4, -0.2) is 5.97 Å². The Bertz CT molecular complexity index is 448. The normalized spacial score (nSPS) is 24.2. The first-order chi connectivity index (χ1) is 8.08. The molecule has 0 amide bonds. The SMILES string of the molecule is CC1=CC[C@@H](C(=O)[O-])[C@H](c2ccc(F)cc2)C1. The number of carbonyl (C=O) groups excluding carboxylic acids is 1. The van der Waals surface area contributed by atoms with Gasteiger partial charge < -0.3 is 9.90 Å². The lowest BCUT2D eigenvalue weighted by Gasteiger charge is -2.31. The molecule has 0 unspecified atom stereocenters. The van der Waals surface area contributed by atoms with Crippen LogP contribution in [0, 0.1) is 11.7 Å². The van der Waals surface area contributed by atoms with Gasteiger partial charge in [0, 0.05) is 11.9 Å². The largest absolute Gasteiger partial charge is 0.550 e. The summed E-state index contributed by atoms with van der Waals surface area (Å²) in [6, 6.07) is 6.06. The fourth-order valence-corrected chi connectivity index (χ4v) is 2.39. The number of hydrogen-bond acceptors (Lipinski definition) is 2. The number of benzene rings is 1. The van der Waals surface area contributed by atoms with Crippen molar-refractivity contribution in [1.29, 1.82) is 0 Å². The molecule has 0 aromatic heterocycles. The van der Waals surface area contributed by atoms with Gasteiger partial charge in [0.25, 0.3) is 0 Å². The van der Waals surface area contributed by atoms with Crippen LogP contribution in [0.4, 0.5) is 4.39 Å². The van der Waals surface area contributed by atoms with E-state index >= 15 is 0 Å². The molecule has 0 radical (unpaired) electrons. The molecule has 0 bridgehead atoms. The van der Waals surface area contributed by atoms with Crippen molar-refractivity contribution in [2.75, 3.05) is 0 Å². The third-order valence-corrected chi connectivity index (χ3v) is 3.35. The Morgan fingerprint density at radius 1 is 1.35 bits per heavy atom. The molecule has 0 aliphatic heterocycles. The van der Waals surface area contributed by atoms with E-state index in [2.05, 4.69) is 0 Å². The molecule has 0 saturated carbocycles. The van der Waals surface area contributed by atoms with Crippen molar-refractivity contribution in [1.82, 2.24) is 0 Å². The van der Waals surface area contributed by atoms with Crippen molar-refractivity contribution < 1.29 is 14.3 Å². The van der Waals surface area contributed by atoms with Crippen molar-refractivity contribution in [2.45, 2.75) is 25.7 Å². The number of aliphatic carboxylic acids is 1. The summed E-state index contributed by atoms with van der Waals surface area (Å²) in [5.74, 6) is -1.94. The van der Waals surface area contributed by atoms with Gasteiger partial charge in [-0.1, -0.05) is 23.8 Å². The maximum Gasteiger partial charge on any atom is 0.123 e. The first-order valence-corrected chi connectivity index (χ1v) is 5.70. The number of rotatable bonds is 2. The molecule has 0 N–H and O–H groups in total. The third-order valence-electron chi connectivity index (χ3n) is 3.35. The second-order valence-electron chi connectivity index (χ2n) is 4.57. The van der Waals surface area contributed by atoms with Gasteiger partial charge in [-0.3, -0.25) is 0 Å². The zero-order valence-electron chi connectivity index (χ0n) is 9.65. The van der Waals surface area contributed by atoms with E-state index in [1.165, 1.54) is 17.7 Å². The molecule has 2 nitrogen and oxygen atoms in total. The van der Waals surface area contributed by atoms with Crippen molar-refractivity contribution in [3.63, 3.8) is 0 Å². The standard InChI is InChI=1S/C14H15FO2/c1-9-2-7-12(14(16)17)13(8-9)10-3-5-11(15)6-4-10/h2-6,12-13H,7-8H2,1H3,(H,16,17)/p-1/t12-,13+/m1/s1. The predicted octanol–water partition coefficient (Wildman–Crippen LogP) is 2.02. The molecular formula is C14H14FO2-. The summed E-state index contributed by atoms with van der Waals surface area (Å²) in [6.45, 7) is 1.99. The van der Waals surface area contributed by atoms with Gasteiger partial charge in [-0.2, -0.15) is 0 Å². The van der Waals surface area contributed by atoms with Crippen molar-refractivity contribution in [3.8, 4) is 0 Å². The minimum Gasteiger partial charge on any atom is -0.550 e. The summed E-state index contributed by atoms with van der Waals surface area (Å²) in [4.78, 5) is 11.1. The number of halogens is 1. The number of hydrogen-bond donors (Lipinski definition) is 0. The summed E-state index contributed by atoms with van der Waals surface area (Å²) in [5, 5.41) is 11.1. The van der Waals surface area contributed by atoms with Crippen molar-refractivity contribution in [3.05, 3.63) is 47.3 Å². The minimum absolute atomic E-state index is 0.106. The lowest BCUT2D eigenvalue weighted by atomic mass is 9.76. The molecule has 90 valence electrons. The van der Waals surface area contributed by atoms with Crippen LogP contribution < -0.4 is 5.11 Å². The molecule has 3 heteroatoms. The van der Waals surface area contributed by atoms with Gasteiger partial charge in [-0.25, -0.2) is 4.39 Å². The quantitative estimate of drug-likeness (QED) is 0.733. The molecule has 0 spiro atoms. The van der Waals surface area contributed by atoms with Crippen LogP contribution in [-0.2, 0) is 4.79 Å². The fraction of sp³-hybridized carbons (Fsp3) is 0.357. The summed E-state index contributed by atoms with van der Waals surface area (Å²) in [5.41, 5.74) is 2.05. The van der Waals surface area contributed by atoms with Gasteiger partial charge >= 0.3 is 0 Å².